The smallest absolute Gasteiger partial charge is 0.419 e. The zero-order valence-corrected chi connectivity index (χ0v) is 53.4. The first-order valence-electron chi connectivity index (χ1n) is 30.3. The van der Waals surface area contributed by atoms with Crippen molar-refractivity contribution in [3.8, 4) is 23.0 Å². The number of aromatic nitrogens is 3. The van der Waals surface area contributed by atoms with Crippen molar-refractivity contribution in [1.29, 1.82) is 0 Å². The first kappa shape index (κ1) is 66.2. The molecule has 0 atom stereocenters. The molecule has 496 valence electrons. The molecule has 10 aromatic rings. The summed E-state index contributed by atoms with van der Waals surface area (Å²) in [5.41, 5.74) is 8.29. The summed E-state index contributed by atoms with van der Waals surface area (Å²) in [7, 11) is 3.93. The van der Waals surface area contributed by atoms with Crippen LogP contribution in [0.25, 0.3) is 32.7 Å². The zero-order valence-electron chi connectivity index (χ0n) is 53.4. The van der Waals surface area contributed by atoms with Crippen LogP contribution in [-0.4, -0.2) is 133 Å². The number of anilines is 4. The summed E-state index contributed by atoms with van der Waals surface area (Å²) in [6, 6.07) is 42.6. The molecule has 3 aromatic heterocycles. The van der Waals surface area contributed by atoms with Gasteiger partial charge in [0, 0.05) is 51.3 Å². The van der Waals surface area contributed by atoms with E-state index in [2.05, 4.69) is 20.0 Å². The molecule has 4 aliphatic rings. The maximum atomic E-state index is 12.8. The van der Waals surface area contributed by atoms with Gasteiger partial charge in [0.2, 0.25) is 0 Å². The van der Waals surface area contributed by atoms with E-state index in [1.807, 2.05) is 85.2 Å². The van der Waals surface area contributed by atoms with Gasteiger partial charge in [0.25, 0.3) is 23.6 Å². The number of hydrogen-bond acceptors (Lipinski definition) is 18. The third-order valence-electron chi connectivity index (χ3n) is 15.8. The molecule has 97 heavy (non-hydrogen) atoms. The molecule has 4 N–H and O–H groups in total. The van der Waals surface area contributed by atoms with Crippen molar-refractivity contribution < 1.29 is 86.2 Å². The Hall–Kier alpha value is -12.3. The normalized spacial score (nSPS) is 13.5. The predicted molar refractivity (Wildman–Crippen MR) is 356 cm³/mol. The van der Waals surface area contributed by atoms with Crippen LogP contribution in [0.4, 0.5) is 27.5 Å². The van der Waals surface area contributed by atoms with Crippen LogP contribution >= 0.6 is 0 Å². The Morgan fingerprint density at radius 2 is 0.887 bits per heavy atom. The number of esters is 3. The van der Waals surface area contributed by atoms with Crippen LogP contribution in [0.2, 0.25) is 0 Å². The fourth-order valence-corrected chi connectivity index (χ4v) is 11.1. The minimum Gasteiger partial charge on any atom is -0.482 e. The predicted octanol–water partition coefficient (Wildman–Crippen LogP) is 10.1. The van der Waals surface area contributed by atoms with Crippen LogP contribution in [0.1, 0.15) is 78.9 Å². The van der Waals surface area contributed by atoms with E-state index >= 15 is 0 Å². The van der Waals surface area contributed by atoms with Crippen molar-refractivity contribution in [2.24, 2.45) is 0 Å². The lowest BCUT2D eigenvalue weighted by Crippen LogP contribution is -2.38. The highest BCUT2D eigenvalue weighted by molar-refractivity contribution is 6.05. The van der Waals surface area contributed by atoms with Crippen molar-refractivity contribution in [2.45, 2.75) is 46.0 Å². The van der Waals surface area contributed by atoms with Crippen LogP contribution in [0.15, 0.2) is 164 Å². The Kier molecular flexibility index (Phi) is 19.5. The number of ketones is 1. The number of aliphatic hydroxyl groups excluding tert-OH is 1. The Morgan fingerprint density at radius 3 is 1.35 bits per heavy atom. The summed E-state index contributed by atoms with van der Waals surface area (Å²) in [6.45, 7) is 5.63. The number of fused-ring (bicyclic) bond motifs is 7. The molecular formula is C72H65N7O18. The Bertz CT molecular complexity index is 4590. The standard InChI is InChI=1S/C24H24N2O6.2C19H16N2O4.C10H9NO4/c1-24(2,3)32-23(29)26-13-16(17-7-5-6-8-18(17)26)12-25-19-11-15(22(28)30-4)9-10-20(19)31-14-21(25)27;1-24-19(23)12-6-7-17-16(8-12)21(18(22)11-25-17)10-13-9-20-15-5-3-2-4-14(13)15;22-10-17(23)12-5-6-18-16(7-12)21(19(24)11-25-18)9-13-8-20-15-4-2-1-3-14(13)15;1-14-10(13)6-2-3-8-7(4-6)11-9(12)5-15-8/h5-11,13H,12,14H2,1-4H3;2-9,20H,10-11H2,1H3;1-8,20,22H,9-11H2;2-4H,5H2,1H3,(H,11,12). The summed E-state index contributed by atoms with van der Waals surface area (Å²) in [4.78, 5) is 119. The Labute approximate surface area is 553 Å². The molecule has 0 aliphatic carbocycles. The number of nitrogens with one attached hydrogen (secondary N) is 3. The molecule has 0 radical (unpaired) electrons. The van der Waals surface area contributed by atoms with Gasteiger partial charge in [-0.3, -0.25) is 28.5 Å². The Morgan fingerprint density at radius 1 is 0.485 bits per heavy atom. The monoisotopic (exact) mass is 1320 g/mol. The fourth-order valence-electron chi connectivity index (χ4n) is 11.1. The molecule has 7 aromatic carbocycles. The van der Waals surface area contributed by atoms with Gasteiger partial charge in [0.15, 0.2) is 32.2 Å². The molecule has 0 unspecified atom stereocenters. The van der Waals surface area contributed by atoms with Gasteiger partial charge < -0.3 is 73.0 Å². The number of carbonyl (C=O) groups excluding carboxylic acids is 9. The first-order chi connectivity index (χ1) is 46.7. The molecule has 0 spiro atoms. The number of nitrogens with zero attached hydrogens (tertiary/aromatic N) is 4. The van der Waals surface area contributed by atoms with Crippen molar-refractivity contribution in [2.75, 3.05) is 74.4 Å². The van der Waals surface area contributed by atoms with Crippen LogP contribution in [0, 0.1) is 0 Å². The van der Waals surface area contributed by atoms with Gasteiger partial charge in [-0.05, 0) is 128 Å². The molecule has 14 rings (SSSR count). The number of hydrogen-bond donors (Lipinski definition) is 4. The quantitative estimate of drug-likeness (QED) is 0.0531. The summed E-state index contributed by atoms with van der Waals surface area (Å²) in [6.07, 6.45) is 4.97. The van der Waals surface area contributed by atoms with Crippen LogP contribution in [-0.2, 0) is 57.8 Å². The number of rotatable bonds is 11. The molecule has 4 amide bonds. The van der Waals surface area contributed by atoms with Gasteiger partial charge in [0.05, 0.1) is 85.9 Å². The second-order valence-electron chi connectivity index (χ2n) is 23.2. The number of para-hydroxylation sites is 3. The number of amides is 4. The molecule has 0 saturated heterocycles. The van der Waals surface area contributed by atoms with E-state index in [1.54, 1.807) is 108 Å². The van der Waals surface area contributed by atoms with Crippen LogP contribution < -0.4 is 39.0 Å². The van der Waals surface area contributed by atoms with E-state index < -0.39 is 42.0 Å². The maximum absolute atomic E-state index is 12.8. The lowest BCUT2D eigenvalue weighted by atomic mass is 10.1. The van der Waals surface area contributed by atoms with Gasteiger partial charge in [-0.15, -0.1) is 0 Å². The van der Waals surface area contributed by atoms with Crippen molar-refractivity contribution >= 4 is 109 Å². The van der Waals surface area contributed by atoms with E-state index in [0.29, 0.717) is 86.6 Å². The fraction of sp³-hybridized carbons (Fsp3) is 0.208. The SMILES string of the molecule is COC(=O)c1ccc2c(c1)N(Cc1c[nH]c3ccccc13)C(=O)CO2.COC(=O)c1ccc2c(c1)N(Cc1cn(C(=O)OC(C)(C)C)c3ccccc13)C(=O)CO2.COC(=O)c1ccc2c(c1)NC(=O)CO2.O=C(CO)c1ccc2c(c1)N(Cc1c[nH]c3ccccc13)C(=O)CO2. The number of carbonyl (C=O) groups is 9. The lowest BCUT2D eigenvalue weighted by Gasteiger charge is -2.29. The van der Waals surface area contributed by atoms with E-state index in [4.69, 9.17) is 38.3 Å². The van der Waals surface area contributed by atoms with E-state index in [-0.39, 0.29) is 56.6 Å². The second kappa shape index (κ2) is 28.5. The Balaban J connectivity index is 0.000000135. The third kappa shape index (κ3) is 14.6. The number of methoxy groups -OCH3 is 3. The number of aromatic amines is 2. The van der Waals surface area contributed by atoms with Crippen molar-refractivity contribution in [3.63, 3.8) is 0 Å². The van der Waals surface area contributed by atoms with E-state index in [0.717, 1.165) is 43.9 Å². The average molecular weight is 1320 g/mol. The summed E-state index contributed by atoms with van der Waals surface area (Å²) in [5.74, 6) is -0.439. The van der Waals surface area contributed by atoms with Crippen molar-refractivity contribution in [3.05, 3.63) is 203 Å². The van der Waals surface area contributed by atoms with Gasteiger partial charge >= 0.3 is 24.0 Å². The van der Waals surface area contributed by atoms with Crippen molar-refractivity contribution in [1.82, 2.24) is 14.5 Å². The number of H-pyrrole nitrogens is 2. The first-order valence-corrected chi connectivity index (χ1v) is 30.3. The van der Waals surface area contributed by atoms with Crippen LogP contribution in [0.5, 0.6) is 23.0 Å². The topological polar surface area (TPSA) is 306 Å². The number of benzene rings is 7. The zero-order chi connectivity index (χ0) is 68.7. The summed E-state index contributed by atoms with van der Waals surface area (Å²) >= 11 is 0. The lowest BCUT2D eigenvalue weighted by molar-refractivity contribution is -0.122. The largest absolute Gasteiger partial charge is 0.482 e. The average Bonchev–Trinajstić information content (AvgIpc) is 1.74. The molecule has 0 fully saturated rings. The molecule has 4 aliphatic heterocycles. The van der Waals surface area contributed by atoms with Gasteiger partial charge in [-0.2, -0.15) is 0 Å². The molecule has 25 heteroatoms. The highest BCUT2D eigenvalue weighted by Crippen LogP contribution is 2.39. The number of aliphatic hydroxyl groups is 1. The van der Waals surface area contributed by atoms with Gasteiger partial charge in [-0.25, -0.2) is 19.2 Å². The number of ether oxygens (including phenoxy) is 8. The highest BCUT2D eigenvalue weighted by Gasteiger charge is 2.32. The molecule has 7 heterocycles. The van der Waals surface area contributed by atoms with E-state index in [1.165, 1.54) is 32.0 Å². The van der Waals surface area contributed by atoms with Gasteiger partial charge in [-0.1, -0.05) is 54.6 Å². The molecule has 25 nitrogen and oxygen atoms in total. The summed E-state index contributed by atoms with van der Waals surface area (Å²) < 4.78 is 42.7. The summed E-state index contributed by atoms with van der Waals surface area (Å²) in [5, 5.41) is 14.6. The van der Waals surface area contributed by atoms with Crippen LogP contribution in [0.3, 0.4) is 0 Å². The second-order valence-corrected chi connectivity index (χ2v) is 23.2. The molecular weight excluding hydrogens is 1250 g/mol. The third-order valence-corrected chi connectivity index (χ3v) is 15.8. The molecule has 0 saturated carbocycles. The number of Topliss-reactive ketones (excluding diaryl/α,β-unsaturated/α-hetero) is 1. The highest BCUT2D eigenvalue weighted by atomic mass is 16.6. The minimum atomic E-state index is -0.647. The minimum absolute atomic E-state index is 0.00453. The maximum Gasteiger partial charge on any atom is 0.419 e. The molecule has 0 bridgehead atoms. The van der Waals surface area contributed by atoms with E-state index in [9.17, 15) is 43.2 Å². The van der Waals surface area contributed by atoms with Gasteiger partial charge in [0.1, 0.15) is 35.2 Å².